The van der Waals surface area contributed by atoms with Crippen LogP contribution >= 0.6 is 11.6 Å². The largest absolute Gasteiger partial charge is 0.355 e. The average Bonchev–Trinajstić information content (AvgIpc) is 2.32. The molecule has 1 aliphatic rings. The Morgan fingerprint density at radius 3 is 3.00 bits per heavy atom. The zero-order valence-electron chi connectivity index (χ0n) is 10.2. The van der Waals surface area contributed by atoms with Gasteiger partial charge >= 0.3 is 0 Å². The molecule has 1 aliphatic heterocycles. The van der Waals surface area contributed by atoms with Crippen LogP contribution in [0.1, 0.15) is 31.4 Å². The second kappa shape index (κ2) is 5.67. The summed E-state index contributed by atoms with van der Waals surface area (Å²) in [5, 5.41) is 6.43. The van der Waals surface area contributed by atoms with Crippen molar-refractivity contribution < 1.29 is 9.18 Å². The van der Waals surface area contributed by atoms with Crippen molar-refractivity contribution in [3.05, 3.63) is 34.6 Å². The molecule has 1 aromatic rings. The summed E-state index contributed by atoms with van der Waals surface area (Å²) in [5.41, 5.74) is 0.802. The van der Waals surface area contributed by atoms with Gasteiger partial charge in [0, 0.05) is 17.6 Å². The fourth-order valence-corrected chi connectivity index (χ4v) is 2.51. The maximum Gasteiger partial charge on any atom is 0.237 e. The molecule has 98 valence electrons. The molecule has 0 aliphatic carbocycles. The van der Waals surface area contributed by atoms with E-state index in [4.69, 9.17) is 11.6 Å². The van der Waals surface area contributed by atoms with Crippen molar-refractivity contribution >= 4 is 17.5 Å². The number of benzene rings is 1. The molecule has 0 saturated carbocycles. The van der Waals surface area contributed by atoms with Gasteiger partial charge in [0.1, 0.15) is 5.82 Å². The first-order valence-electron chi connectivity index (χ1n) is 6.06. The van der Waals surface area contributed by atoms with Crippen molar-refractivity contribution in [1.82, 2.24) is 10.6 Å². The summed E-state index contributed by atoms with van der Waals surface area (Å²) >= 11 is 6.00. The van der Waals surface area contributed by atoms with Gasteiger partial charge in [0.15, 0.2) is 0 Å². The molecular formula is C13H16ClFN2O. The Hall–Kier alpha value is -1.13. The van der Waals surface area contributed by atoms with Gasteiger partial charge in [-0.15, -0.1) is 0 Å². The summed E-state index contributed by atoms with van der Waals surface area (Å²) in [6.07, 6.45) is 1.78. The molecular weight excluding hydrogens is 255 g/mol. The Balaban J connectivity index is 2.06. The second-order valence-electron chi connectivity index (χ2n) is 4.54. The van der Waals surface area contributed by atoms with Gasteiger partial charge in [-0.1, -0.05) is 17.7 Å². The van der Waals surface area contributed by atoms with Crippen LogP contribution in [0.3, 0.4) is 0 Å². The lowest BCUT2D eigenvalue weighted by Crippen LogP contribution is -2.48. The van der Waals surface area contributed by atoms with Gasteiger partial charge in [0.2, 0.25) is 5.91 Å². The van der Waals surface area contributed by atoms with Crippen molar-refractivity contribution in [2.24, 2.45) is 0 Å². The minimum Gasteiger partial charge on any atom is -0.355 e. The Labute approximate surface area is 111 Å². The molecule has 0 spiro atoms. The SMILES string of the molecule is CC(NC1CCCNC1=O)c1ccc(F)cc1Cl. The third-order valence-electron chi connectivity index (χ3n) is 3.17. The van der Waals surface area contributed by atoms with Crippen LogP contribution in [0.15, 0.2) is 18.2 Å². The predicted octanol–water partition coefficient (Wildman–Crippen LogP) is 2.41. The first kappa shape index (κ1) is 13.3. The van der Waals surface area contributed by atoms with Crippen LogP contribution in [-0.4, -0.2) is 18.5 Å². The molecule has 1 heterocycles. The molecule has 2 unspecified atom stereocenters. The highest BCUT2D eigenvalue weighted by Crippen LogP contribution is 2.24. The minimum atomic E-state index is -0.355. The monoisotopic (exact) mass is 270 g/mol. The van der Waals surface area contributed by atoms with E-state index < -0.39 is 0 Å². The number of amides is 1. The zero-order chi connectivity index (χ0) is 13.1. The number of hydrogen-bond acceptors (Lipinski definition) is 2. The van der Waals surface area contributed by atoms with Gasteiger partial charge in [0.05, 0.1) is 6.04 Å². The van der Waals surface area contributed by atoms with Crippen molar-refractivity contribution in [3.8, 4) is 0 Å². The van der Waals surface area contributed by atoms with E-state index in [9.17, 15) is 9.18 Å². The number of rotatable bonds is 3. The number of nitrogens with one attached hydrogen (secondary N) is 2. The summed E-state index contributed by atoms with van der Waals surface area (Å²) in [6.45, 7) is 2.66. The summed E-state index contributed by atoms with van der Waals surface area (Å²) in [7, 11) is 0. The first-order chi connectivity index (χ1) is 8.58. The number of halogens is 2. The van der Waals surface area contributed by atoms with Crippen molar-refractivity contribution in [1.29, 1.82) is 0 Å². The third-order valence-corrected chi connectivity index (χ3v) is 3.49. The first-order valence-corrected chi connectivity index (χ1v) is 6.44. The van der Waals surface area contributed by atoms with Crippen LogP contribution in [0.5, 0.6) is 0 Å². The molecule has 2 rings (SSSR count). The summed E-state index contributed by atoms with van der Waals surface area (Å²) < 4.78 is 13.0. The van der Waals surface area contributed by atoms with E-state index in [1.165, 1.54) is 12.1 Å². The van der Waals surface area contributed by atoms with E-state index in [0.717, 1.165) is 24.9 Å². The number of hydrogen-bond donors (Lipinski definition) is 2. The Bertz CT molecular complexity index is 453. The average molecular weight is 271 g/mol. The fraction of sp³-hybridized carbons (Fsp3) is 0.462. The second-order valence-corrected chi connectivity index (χ2v) is 4.95. The third kappa shape index (κ3) is 3.00. The predicted molar refractivity (Wildman–Crippen MR) is 69.0 cm³/mol. The van der Waals surface area contributed by atoms with Crippen LogP contribution in [-0.2, 0) is 4.79 Å². The lowest BCUT2D eigenvalue weighted by molar-refractivity contribution is -0.124. The number of carbonyl (C=O) groups excluding carboxylic acids is 1. The molecule has 1 amide bonds. The quantitative estimate of drug-likeness (QED) is 0.886. The van der Waals surface area contributed by atoms with Gasteiger partial charge in [-0.05, 0) is 37.5 Å². The van der Waals surface area contributed by atoms with Gasteiger partial charge in [-0.25, -0.2) is 4.39 Å². The fourth-order valence-electron chi connectivity index (χ4n) is 2.18. The molecule has 2 atom stereocenters. The molecule has 1 aromatic carbocycles. The topological polar surface area (TPSA) is 41.1 Å². The molecule has 0 radical (unpaired) electrons. The Morgan fingerprint density at radius 1 is 1.56 bits per heavy atom. The van der Waals surface area contributed by atoms with Crippen molar-refractivity contribution in [2.75, 3.05) is 6.54 Å². The van der Waals surface area contributed by atoms with E-state index in [1.807, 2.05) is 6.92 Å². The van der Waals surface area contributed by atoms with Gasteiger partial charge in [0.25, 0.3) is 0 Å². The molecule has 2 N–H and O–H groups in total. The lowest BCUT2D eigenvalue weighted by atomic mass is 10.0. The summed E-state index contributed by atoms with van der Waals surface area (Å²) in [6, 6.07) is 4.02. The molecule has 0 aromatic heterocycles. The summed E-state index contributed by atoms with van der Waals surface area (Å²) in [4.78, 5) is 11.6. The smallest absolute Gasteiger partial charge is 0.237 e. The maximum absolute atomic E-state index is 13.0. The van der Waals surface area contributed by atoms with Crippen LogP contribution < -0.4 is 10.6 Å². The molecule has 18 heavy (non-hydrogen) atoms. The highest BCUT2D eigenvalue weighted by molar-refractivity contribution is 6.31. The van der Waals surface area contributed by atoms with Gasteiger partial charge in [-0.2, -0.15) is 0 Å². The number of piperidine rings is 1. The molecule has 1 saturated heterocycles. The normalized spacial score (nSPS) is 21.5. The van der Waals surface area contributed by atoms with Gasteiger partial charge < -0.3 is 5.32 Å². The van der Waals surface area contributed by atoms with Crippen molar-refractivity contribution in [2.45, 2.75) is 31.8 Å². The van der Waals surface area contributed by atoms with Crippen LogP contribution in [0.2, 0.25) is 5.02 Å². The molecule has 0 bridgehead atoms. The Kier molecular flexibility index (Phi) is 4.19. The number of carbonyl (C=O) groups is 1. The standard InChI is InChI=1S/C13H16ClFN2O/c1-8(10-5-4-9(15)7-11(10)14)17-12-3-2-6-16-13(12)18/h4-5,7-8,12,17H,2-3,6H2,1H3,(H,16,18). The Morgan fingerprint density at radius 2 is 2.33 bits per heavy atom. The van der Waals surface area contributed by atoms with Crippen LogP contribution in [0.4, 0.5) is 4.39 Å². The lowest BCUT2D eigenvalue weighted by Gasteiger charge is -2.26. The van der Waals surface area contributed by atoms with Crippen molar-refractivity contribution in [3.63, 3.8) is 0 Å². The molecule has 1 fully saturated rings. The zero-order valence-corrected chi connectivity index (χ0v) is 10.9. The van der Waals surface area contributed by atoms with E-state index in [-0.39, 0.29) is 23.8 Å². The van der Waals surface area contributed by atoms with E-state index in [0.29, 0.717) is 5.02 Å². The molecule has 3 nitrogen and oxygen atoms in total. The maximum atomic E-state index is 13.0. The highest BCUT2D eigenvalue weighted by Gasteiger charge is 2.24. The molecule has 5 heteroatoms. The van der Waals surface area contributed by atoms with Crippen LogP contribution in [0, 0.1) is 5.82 Å². The van der Waals surface area contributed by atoms with E-state index >= 15 is 0 Å². The van der Waals surface area contributed by atoms with Crippen LogP contribution in [0.25, 0.3) is 0 Å². The highest BCUT2D eigenvalue weighted by atomic mass is 35.5. The van der Waals surface area contributed by atoms with E-state index in [2.05, 4.69) is 10.6 Å². The summed E-state index contributed by atoms with van der Waals surface area (Å²) in [5.74, 6) is -0.335. The minimum absolute atomic E-state index is 0.0198. The van der Waals surface area contributed by atoms with E-state index in [1.54, 1.807) is 6.07 Å². The van der Waals surface area contributed by atoms with Gasteiger partial charge in [-0.3, -0.25) is 10.1 Å².